The third kappa shape index (κ3) is 2.91. The van der Waals surface area contributed by atoms with Crippen molar-refractivity contribution in [2.45, 2.75) is 18.6 Å². The molecule has 0 saturated heterocycles. The van der Waals surface area contributed by atoms with E-state index in [2.05, 4.69) is 4.98 Å². The van der Waals surface area contributed by atoms with Gasteiger partial charge in [-0.25, -0.2) is 13.4 Å². The average Bonchev–Trinajstić information content (AvgIpc) is 2.99. The first-order valence-corrected chi connectivity index (χ1v) is 9.01. The minimum absolute atomic E-state index is 0.0288. The van der Waals surface area contributed by atoms with Crippen LogP contribution in [-0.4, -0.2) is 48.6 Å². The zero-order chi connectivity index (χ0) is 16.4. The van der Waals surface area contributed by atoms with E-state index in [0.717, 1.165) is 5.56 Å². The number of aromatic nitrogens is 2. The minimum atomic E-state index is -3.61. The molecule has 0 atom stereocenters. The normalized spacial score (nSPS) is 14.0. The smallest absolute Gasteiger partial charge is 0.228 e. The standard InChI is InChI=1S/C15H18N2O5S/c1-2-17-12(10-16-15(17)23(19,20)8-5-18)11-3-4-13-14(9-11)22-7-6-21-13/h3-4,9-10,18H,2,5-8H2,1H3. The molecule has 1 aromatic carbocycles. The van der Waals surface area contributed by atoms with Gasteiger partial charge in [-0.1, -0.05) is 0 Å². The second-order valence-electron chi connectivity index (χ2n) is 5.07. The zero-order valence-electron chi connectivity index (χ0n) is 12.7. The molecular formula is C15H18N2O5S. The van der Waals surface area contributed by atoms with Crippen LogP contribution in [0.5, 0.6) is 11.5 Å². The summed E-state index contributed by atoms with van der Waals surface area (Å²) in [5.41, 5.74) is 1.48. The summed E-state index contributed by atoms with van der Waals surface area (Å²) >= 11 is 0. The van der Waals surface area contributed by atoms with Crippen molar-refractivity contribution in [3.63, 3.8) is 0 Å². The van der Waals surface area contributed by atoms with E-state index < -0.39 is 16.4 Å². The number of nitrogens with zero attached hydrogens (tertiary/aromatic N) is 2. The molecule has 0 amide bonds. The number of fused-ring (bicyclic) bond motifs is 1. The summed E-state index contributed by atoms with van der Waals surface area (Å²) in [7, 11) is -3.61. The fourth-order valence-corrected chi connectivity index (χ4v) is 3.76. The van der Waals surface area contributed by atoms with E-state index in [1.165, 1.54) is 6.20 Å². The van der Waals surface area contributed by atoms with Crippen molar-refractivity contribution in [3.8, 4) is 22.8 Å². The van der Waals surface area contributed by atoms with Gasteiger partial charge in [-0.3, -0.25) is 0 Å². The molecule has 1 N–H and O–H groups in total. The van der Waals surface area contributed by atoms with Crippen LogP contribution in [0.15, 0.2) is 29.6 Å². The van der Waals surface area contributed by atoms with Gasteiger partial charge in [0, 0.05) is 12.1 Å². The fourth-order valence-electron chi connectivity index (χ4n) is 2.56. The van der Waals surface area contributed by atoms with Crippen LogP contribution in [0.3, 0.4) is 0 Å². The van der Waals surface area contributed by atoms with Gasteiger partial charge < -0.3 is 19.1 Å². The molecule has 0 radical (unpaired) electrons. The number of imidazole rings is 1. The third-order valence-electron chi connectivity index (χ3n) is 3.61. The number of sulfone groups is 1. The SMILES string of the molecule is CCn1c(-c2ccc3c(c2)OCCO3)cnc1S(=O)(=O)CCO. The molecule has 0 saturated carbocycles. The molecule has 1 aromatic heterocycles. The zero-order valence-corrected chi connectivity index (χ0v) is 13.5. The molecule has 23 heavy (non-hydrogen) atoms. The highest BCUT2D eigenvalue weighted by atomic mass is 32.2. The highest BCUT2D eigenvalue weighted by Crippen LogP contribution is 2.35. The molecule has 2 heterocycles. The Bertz CT molecular complexity index is 813. The predicted octanol–water partition coefficient (Wildman–Crippen LogP) is 1.11. The predicted molar refractivity (Wildman–Crippen MR) is 83.5 cm³/mol. The summed E-state index contributed by atoms with van der Waals surface area (Å²) in [6.07, 6.45) is 1.53. The van der Waals surface area contributed by atoms with Crippen LogP contribution in [0, 0.1) is 0 Å². The Kier molecular flexibility index (Phi) is 4.27. The Morgan fingerprint density at radius 1 is 1.26 bits per heavy atom. The largest absolute Gasteiger partial charge is 0.486 e. The number of benzene rings is 1. The maximum absolute atomic E-state index is 12.2. The van der Waals surface area contributed by atoms with Gasteiger partial charge in [0.1, 0.15) is 13.2 Å². The number of hydrogen-bond donors (Lipinski definition) is 1. The van der Waals surface area contributed by atoms with E-state index in [0.29, 0.717) is 37.0 Å². The lowest BCUT2D eigenvalue weighted by molar-refractivity contribution is 0.171. The summed E-state index contributed by atoms with van der Waals surface area (Å²) in [5.74, 6) is 0.970. The summed E-state index contributed by atoms with van der Waals surface area (Å²) in [5, 5.41) is 8.91. The number of hydrogen-bond acceptors (Lipinski definition) is 6. The first-order valence-electron chi connectivity index (χ1n) is 7.36. The van der Waals surface area contributed by atoms with Crippen molar-refractivity contribution in [1.29, 1.82) is 0 Å². The molecule has 0 fully saturated rings. The van der Waals surface area contributed by atoms with Gasteiger partial charge in [0.15, 0.2) is 11.5 Å². The van der Waals surface area contributed by atoms with Gasteiger partial charge in [-0.05, 0) is 25.1 Å². The van der Waals surface area contributed by atoms with Gasteiger partial charge in [0.25, 0.3) is 0 Å². The second kappa shape index (κ2) is 6.21. The Hall–Kier alpha value is -2.06. The molecule has 7 nitrogen and oxygen atoms in total. The lowest BCUT2D eigenvalue weighted by Gasteiger charge is -2.19. The molecule has 124 valence electrons. The number of aliphatic hydroxyl groups is 1. The summed E-state index contributed by atoms with van der Waals surface area (Å²) in [4.78, 5) is 4.06. The van der Waals surface area contributed by atoms with Crippen molar-refractivity contribution in [2.75, 3.05) is 25.6 Å². The van der Waals surface area contributed by atoms with E-state index in [9.17, 15) is 8.42 Å². The van der Waals surface area contributed by atoms with Gasteiger partial charge in [-0.15, -0.1) is 0 Å². The van der Waals surface area contributed by atoms with Crippen molar-refractivity contribution in [1.82, 2.24) is 9.55 Å². The van der Waals surface area contributed by atoms with Crippen LogP contribution >= 0.6 is 0 Å². The minimum Gasteiger partial charge on any atom is -0.486 e. The Labute approximate surface area is 134 Å². The van der Waals surface area contributed by atoms with E-state index in [1.54, 1.807) is 10.6 Å². The number of aliphatic hydroxyl groups excluding tert-OH is 1. The van der Waals surface area contributed by atoms with Crippen molar-refractivity contribution in [3.05, 3.63) is 24.4 Å². The van der Waals surface area contributed by atoms with E-state index in [-0.39, 0.29) is 10.9 Å². The molecule has 8 heteroatoms. The maximum atomic E-state index is 12.2. The van der Waals surface area contributed by atoms with Crippen LogP contribution in [0.25, 0.3) is 11.3 Å². The molecule has 1 aliphatic heterocycles. The van der Waals surface area contributed by atoms with Gasteiger partial charge in [0.2, 0.25) is 15.0 Å². The summed E-state index contributed by atoms with van der Waals surface area (Å²) in [6, 6.07) is 5.47. The van der Waals surface area contributed by atoms with Crippen molar-refractivity contribution < 1.29 is 23.0 Å². The fraction of sp³-hybridized carbons (Fsp3) is 0.400. The average molecular weight is 338 g/mol. The summed E-state index contributed by atoms with van der Waals surface area (Å²) < 4.78 is 37.1. The Morgan fingerprint density at radius 3 is 2.70 bits per heavy atom. The summed E-state index contributed by atoms with van der Waals surface area (Å²) in [6.45, 7) is 2.87. The first kappa shape index (κ1) is 15.8. The number of ether oxygens (including phenoxy) is 2. The van der Waals surface area contributed by atoms with Gasteiger partial charge in [0.05, 0.1) is 24.3 Å². The van der Waals surface area contributed by atoms with E-state index >= 15 is 0 Å². The lowest BCUT2D eigenvalue weighted by atomic mass is 10.1. The third-order valence-corrected chi connectivity index (χ3v) is 5.21. The molecule has 0 bridgehead atoms. The Morgan fingerprint density at radius 2 is 2.00 bits per heavy atom. The van der Waals surface area contributed by atoms with E-state index in [1.807, 2.05) is 19.1 Å². The van der Waals surface area contributed by atoms with Crippen LogP contribution < -0.4 is 9.47 Å². The lowest BCUT2D eigenvalue weighted by Crippen LogP contribution is -2.16. The first-order chi connectivity index (χ1) is 11.1. The van der Waals surface area contributed by atoms with Crippen LogP contribution in [0.1, 0.15) is 6.92 Å². The maximum Gasteiger partial charge on any atom is 0.228 e. The monoisotopic (exact) mass is 338 g/mol. The number of rotatable bonds is 5. The van der Waals surface area contributed by atoms with Crippen LogP contribution in [0.4, 0.5) is 0 Å². The van der Waals surface area contributed by atoms with Crippen LogP contribution in [0.2, 0.25) is 0 Å². The molecular weight excluding hydrogens is 320 g/mol. The van der Waals surface area contributed by atoms with E-state index in [4.69, 9.17) is 14.6 Å². The van der Waals surface area contributed by atoms with Gasteiger partial charge >= 0.3 is 0 Å². The molecule has 2 aromatic rings. The second-order valence-corrected chi connectivity index (χ2v) is 7.07. The molecule has 0 unspecified atom stereocenters. The van der Waals surface area contributed by atoms with Crippen molar-refractivity contribution >= 4 is 9.84 Å². The quantitative estimate of drug-likeness (QED) is 0.878. The molecule has 1 aliphatic rings. The Balaban J connectivity index is 2.06. The highest BCUT2D eigenvalue weighted by molar-refractivity contribution is 7.91. The topological polar surface area (TPSA) is 90.7 Å². The van der Waals surface area contributed by atoms with Gasteiger partial charge in [-0.2, -0.15) is 0 Å². The molecule has 3 rings (SSSR count). The highest BCUT2D eigenvalue weighted by Gasteiger charge is 2.23. The van der Waals surface area contributed by atoms with Crippen molar-refractivity contribution in [2.24, 2.45) is 0 Å². The molecule has 0 spiro atoms. The van der Waals surface area contributed by atoms with Crippen LogP contribution in [-0.2, 0) is 16.4 Å². The molecule has 0 aliphatic carbocycles.